The van der Waals surface area contributed by atoms with Crippen LogP contribution >= 0.6 is 23.5 Å². The summed E-state index contributed by atoms with van der Waals surface area (Å²) in [5.74, 6) is -6.40. The van der Waals surface area contributed by atoms with Gasteiger partial charge in [-0.3, -0.25) is 47.9 Å². The molecule has 1 saturated heterocycles. The summed E-state index contributed by atoms with van der Waals surface area (Å²) in [5, 5.41) is 24.9. The first-order valence-corrected chi connectivity index (χ1v) is 23.2. The largest absolute Gasteiger partial charge is 0.481 e. The molecule has 3 rings (SSSR count). The van der Waals surface area contributed by atoms with E-state index >= 15 is 0 Å². The van der Waals surface area contributed by atoms with E-state index in [9.17, 15) is 53.1 Å². The smallest absolute Gasteiger partial charge is 0.306 e. The number of likely N-dealkylation sites (tertiary alicyclic amines) is 1. The first-order valence-electron chi connectivity index (χ1n) is 20.8. The number of aromatic amines is 1. The fraction of sp³-hybridized carbons (Fsp3) is 0.561. The van der Waals surface area contributed by atoms with Crippen molar-refractivity contribution in [2.24, 2.45) is 5.73 Å². The highest BCUT2D eigenvalue weighted by atomic mass is 32.2. The summed E-state index contributed by atoms with van der Waals surface area (Å²) in [5.41, 5.74) is 7.63. The number of aliphatic carboxylic acids is 1. The first kappa shape index (κ1) is 52.7. The van der Waals surface area contributed by atoms with Crippen LogP contribution in [0.3, 0.4) is 0 Å². The van der Waals surface area contributed by atoms with Gasteiger partial charge in [-0.15, -0.1) is 0 Å². The number of nitrogens with two attached hydrogens (primary N) is 1. The van der Waals surface area contributed by atoms with Crippen molar-refractivity contribution in [3.8, 4) is 0 Å². The quantitative estimate of drug-likeness (QED) is 0.0544. The molecule has 64 heavy (non-hydrogen) atoms. The van der Waals surface area contributed by atoms with Crippen LogP contribution in [-0.2, 0) is 59.1 Å². The second-order valence-electron chi connectivity index (χ2n) is 15.1. The summed E-state index contributed by atoms with van der Waals surface area (Å²) < 4.78 is 4.84. The predicted molar refractivity (Wildman–Crippen MR) is 238 cm³/mol. The van der Waals surface area contributed by atoms with Crippen molar-refractivity contribution in [1.82, 2.24) is 41.8 Å². The Morgan fingerprint density at radius 2 is 1.56 bits per heavy atom. The van der Waals surface area contributed by atoms with Gasteiger partial charge in [0.1, 0.15) is 30.2 Å². The Kier molecular flexibility index (Phi) is 21.6. The van der Waals surface area contributed by atoms with E-state index in [4.69, 9.17) is 10.5 Å². The molecule has 7 amide bonds. The minimum Gasteiger partial charge on any atom is -0.481 e. The van der Waals surface area contributed by atoms with Gasteiger partial charge in [-0.1, -0.05) is 30.0 Å². The summed E-state index contributed by atoms with van der Waals surface area (Å²) in [6.07, 6.45) is 3.79. The number of carboxylic acids is 1. The van der Waals surface area contributed by atoms with Gasteiger partial charge < -0.3 is 57.4 Å². The molecule has 0 aliphatic carbocycles. The van der Waals surface area contributed by atoms with E-state index in [1.165, 1.54) is 32.5 Å². The molecular weight excluding hydrogens is 875 g/mol. The third-order valence-electron chi connectivity index (χ3n) is 10.0. The maximum absolute atomic E-state index is 13.6. The average Bonchev–Trinajstić information content (AvgIpc) is 3.91. The number of amides is 7. The highest BCUT2D eigenvalue weighted by molar-refractivity contribution is 8.13. The van der Waals surface area contributed by atoms with Crippen LogP contribution in [-0.4, -0.2) is 153 Å². The van der Waals surface area contributed by atoms with Crippen LogP contribution in [0, 0.1) is 0 Å². The van der Waals surface area contributed by atoms with Crippen molar-refractivity contribution in [2.45, 2.75) is 109 Å². The Morgan fingerprint density at radius 1 is 0.875 bits per heavy atom. The molecule has 1 aromatic heterocycles. The number of ether oxygens (including phenoxy) is 1. The lowest BCUT2D eigenvalue weighted by Crippen LogP contribution is -2.58. The summed E-state index contributed by atoms with van der Waals surface area (Å²) in [7, 11) is 0. The molecule has 2 heterocycles. The zero-order valence-electron chi connectivity index (χ0n) is 36.5. The molecule has 7 atom stereocenters. The summed E-state index contributed by atoms with van der Waals surface area (Å²) in [6, 6.07) is -0.755. The van der Waals surface area contributed by atoms with Crippen molar-refractivity contribution in [1.29, 1.82) is 0 Å². The average molecular weight is 934 g/mol. The van der Waals surface area contributed by atoms with Crippen molar-refractivity contribution >= 4 is 92.8 Å². The van der Waals surface area contributed by atoms with Crippen LogP contribution in [0.25, 0.3) is 10.9 Å². The van der Waals surface area contributed by atoms with Crippen molar-refractivity contribution in [3.63, 3.8) is 0 Å². The molecule has 10 N–H and O–H groups in total. The molecule has 1 aliphatic rings. The fourth-order valence-corrected chi connectivity index (χ4v) is 7.85. The van der Waals surface area contributed by atoms with Crippen molar-refractivity contribution in [3.05, 3.63) is 36.0 Å². The van der Waals surface area contributed by atoms with Crippen molar-refractivity contribution < 1.29 is 57.8 Å². The van der Waals surface area contributed by atoms with Crippen LogP contribution in [0.15, 0.2) is 30.5 Å². The number of fused-ring (bicyclic) bond motifs is 1. The van der Waals surface area contributed by atoms with Gasteiger partial charge in [0.2, 0.25) is 46.5 Å². The number of nitrogens with zero attached hydrogens (tertiary/aromatic N) is 1. The zero-order chi connectivity index (χ0) is 47.5. The van der Waals surface area contributed by atoms with Crippen LogP contribution < -0.4 is 37.6 Å². The standard InChI is InChI=1S/C41H59N9O12S2/c1-6-62-34(54)14-17-64-41(61)24(4)47-39(59)31-12-9-15-50(31)40(60)30(19-33(52)53)49-36(56)23(3)45-32(51)21-44-35(55)22(2)46-38(58)29(48-37(57)27(42)13-16-63-5)18-25-20-43-28-11-8-7-10-26(25)28/h7-8,10-11,20,22-24,27,29-31,43H,6,9,12-19,21,42H2,1-5H3,(H,44,55)(H,45,51)(H,46,58)(H,47,59)(H,48,57)(H,49,56)(H,52,53)/t22-,23-,24-,27-,29-,30-,31-/m0/s1. The summed E-state index contributed by atoms with van der Waals surface area (Å²) in [6.45, 7) is 5.38. The van der Waals surface area contributed by atoms with E-state index in [2.05, 4.69) is 36.9 Å². The number of esters is 1. The van der Waals surface area contributed by atoms with Crippen LogP contribution in [0.1, 0.15) is 65.4 Å². The second-order valence-corrected chi connectivity index (χ2v) is 17.1. The van der Waals surface area contributed by atoms with Gasteiger partial charge in [-0.25, -0.2) is 0 Å². The Labute approximate surface area is 379 Å². The van der Waals surface area contributed by atoms with Gasteiger partial charge in [0.15, 0.2) is 0 Å². The van der Waals surface area contributed by atoms with E-state index < -0.39 is 114 Å². The molecule has 352 valence electrons. The number of carboxylic acid groups (broad SMARTS) is 1. The molecule has 21 nitrogen and oxygen atoms in total. The van der Waals surface area contributed by atoms with Gasteiger partial charge in [-0.05, 0) is 70.6 Å². The molecular formula is C41H59N9O12S2. The van der Waals surface area contributed by atoms with E-state index in [0.29, 0.717) is 18.6 Å². The lowest BCUT2D eigenvalue weighted by molar-refractivity contribution is -0.146. The second kappa shape index (κ2) is 26.2. The number of aromatic nitrogens is 1. The molecule has 0 saturated carbocycles. The lowest BCUT2D eigenvalue weighted by atomic mass is 10.0. The summed E-state index contributed by atoms with van der Waals surface area (Å²) in [4.78, 5) is 132. The molecule has 0 spiro atoms. The number of hydrogen-bond acceptors (Lipinski definition) is 14. The van der Waals surface area contributed by atoms with Gasteiger partial charge >= 0.3 is 11.9 Å². The number of rotatable bonds is 25. The van der Waals surface area contributed by atoms with Crippen LogP contribution in [0.2, 0.25) is 0 Å². The van der Waals surface area contributed by atoms with E-state index in [1.54, 1.807) is 13.1 Å². The molecule has 23 heteroatoms. The third-order valence-corrected chi connectivity index (χ3v) is 11.7. The van der Waals surface area contributed by atoms with Crippen molar-refractivity contribution in [2.75, 3.05) is 37.5 Å². The molecule has 0 bridgehead atoms. The van der Waals surface area contributed by atoms with Gasteiger partial charge in [0.25, 0.3) is 0 Å². The number of carbonyl (C=O) groups is 10. The number of thioether (sulfide) groups is 2. The number of para-hydroxylation sites is 1. The topological polar surface area (TPSA) is 317 Å². The first-order chi connectivity index (χ1) is 30.4. The summed E-state index contributed by atoms with van der Waals surface area (Å²) >= 11 is 2.36. The SMILES string of the molecule is CCOC(=O)CCSC(=O)[C@H](C)NC(=O)[C@@H]1CCCN1C(=O)[C@H](CC(=O)O)NC(=O)[C@H](C)NC(=O)CNC(=O)[C@H](C)NC(=O)[C@H](Cc1c[nH]c2ccccc12)NC(=O)[C@@H](N)CCSC. The Balaban J connectivity index is 1.55. The number of H-pyrrole nitrogens is 1. The van der Waals surface area contributed by atoms with Crippen LogP contribution in [0.5, 0.6) is 0 Å². The molecule has 0 radical (unpaired) electrons. The Hall–Kier alpha value is -5.68. The minimum atomic E-state index is -1.63. The molecule has 1 fully saturated rings. The number of nitrogens with one attached hydrogen (secondary N) is 7. The van der Waals surface area contributed by atoms with E-state index in [-0.39, 0.29) is 38.2 Å². The molecule has 0 unspecified atom stereocenters. The predicted octanol–water partition coefficient (Wildman–Crippen LogP) is -0.931. The van der Waals surface area contributed by atoms with E-state index in [0.717, 1.165) is 33.1 Å². The van der Waals surface area contributed by atoms with Gasteiger partial charge in [0, 0.05) is 35.8 Å². The lowest BCUT2D eigenvalue weighted by Gasteiger charge is -2.29. The monoisotopic (exact) mass is 933 g/mol. The Bertz CT molecular complexity index is 2020. The minimum absolute atomic E-state index is 0.00000620. The number of hydrogen-bond donors (Lipinski definition) is 9. The Morgan fingerprint density at radius 3 is 2.25 bits per heavy atom. The van der Waals surface area contributed by atoms with Gasteiger partial charge in [0.05, 0.1) is 38.1 Å². The highest BCUT2D eigenvalue weighted by Crippen LogP contribution is 2.21. The van der Waals surface area contributed by atoms with E-state index in [1.807, 2.05) is 30.5 Å². The third kappa shape index (κ3) is 16.5. The zero-order valence-corrected chi connectivity index (χ0v) is 38.1. The van der Waals surface area contributed by atoms with Gasteiger partial charge in [-0.2, -0.15) is 11.8 Å². The number of benzene rings is 1. The van der Waals surface area contributed by atoms with Crippen LogP contribution in [0.4, 0.5) is 0 Å². The maximum atomic E-state index is 13.6. The molecule has 1 aliphatic heterocycles. The fourth-order valence-electron chi connectivity index (χ4n) is 6.58. The maximum Gasteiger partial charge on any atom is 0.306 e. The normalized spacial score (nSPS) is 16.2. The highest BCUT2D eigenvalue weighted by Gasteiger charge is 2.39. The molecule has 1 aromatic carbocycles. The molecule has 2 aromatic rings. The number of carbonyl (C=O) groups excluding carboxylic acids is 9.